The van der Waals surface area contributed by atoms with E-state index in [1.54, 1.807) is 6.07 Å². The van der Waals surface area contributed by atoms with Crippen molar-refractivity contribution in [2.75, 3.05) is 6.16 Å². The van der Waals surface area contributed by atoms with Crippen LogP contribution < -0.4 is 5.30 Å². The van der Waals surface area contributed by atoms with Gasteiger partial charge in [0, 0.05) is 14.3 Å². The van der Waals surface area contributed by atoms with Crippen LogP contribution in [-0.4, -0.2) is 23.7 Å². The zero-order chi connectivity index (χ0) is 21.3. The van der Waals surface area contributed by atoms with Crippen molar-refractivity contribution in [2.24, 2.45) is 0 Å². The van der Waals surface area contributed by atoms with E-state index in [0.717, 1.165) is 19.3 Å². The normalized spacial score (nSPS) is 14.3. The molecule has 0 radical (unpaired) electrons. The minimum atomic E-state index is -5.38. The van der Waals surface area contributed by atoms with E-state index in [2.05, 4.69) is 0 Å². The van der Waals surface area contributed by atoms with Crippen molar-refractivity contribution in [1.82, 2.24) is 0 Å². The van der Waals surface area contributed by atoms with Gasteiger partial charge in [-0.15, -0.1) is 0 Å². The molecule has 162 valence electrons. The van der Waals surface area contributed by atoms with Crippen LogP contribution in [0.15, 0.2) is 30.3 Å². The quantitative estimate of drug-likeness (QED) is 0.159. The molecule has 1 atom stereocenters. The molecular weight excluding hydrogens is 397 g/mol. The Hall–Kier alpha value is -0.770. The minimum Gasteiger partial charge on any atom is -0.200 e. The van der Waals surface area contributed by atoms with Crippen molar-refractivity contribution >= 4 is 13.2 Å². The molecule has 1 aromatic carbocycles. The Balaban J connectivity index is 3.06. The van der Waals surface area contributed by atoms with Crippen molar-refractivity contribution in [1.29, 1.82) is 0 Å². The van der Waals surface area contributed by atoms with Crippen LogP contribution in [0.4, 0.5) is 26.3 Å². The lowest BCUT2D eigenvalue weighted by molar-refractivity contribution is -0.280. The number of alkyl halides is 6. The van der Waals surface area contributed by atoms with Gasteiger partial charge < -0.3 is 0 Å². The largest absolute Gasteiger partial charge is 0.376 e. The highest BCUT2D eigenvalue weighted by Crippen LogP contribution is 2.63. The average Bonchev–Trinajstić information content (AvgIpc) is 2.65. The lowest BCUT2D eigenvalue weighted by Crippen LogP contribution is -2.54. The average molecular weight is 428 g/mol. The van der Waals surface area contributed by atoms with Crippen LogP contribution >= 0.6 is 7.92 Å². The van der Waals surface area contributed by atoms with Crippen LogP contribution in [-0.2, 0) is 0 Å². The van der Waals surface area contributed by atoms with E-state index in [4.69, 9.17) is 0 Å². The highest BCUT2D eigenvalue weighted by molar-refractivity contribution is 7.66. The SMILES string of the molecule is CCCCCCP(c1ccccc1)C(F)(F)C(F)(F)C(F)(F)CCCCCC. The van der Waals surface area contributed by atoms with Crippen molar-refractivity contribution in [2.45, 2.75) is 89.1 Å². The smallest absolute Gasteiger partial charge is 0.200 e. The van der Waals surface area contributed by atoms with Gasteiger partial charge in [0.25, 0.3) is 0 Å². The predicted octanol–water partition coefficient (Wildman–Crippen LogP) is 8.21. The second-order valence-electron chi connectivity index (χ2n) is 7.18. The van der Waals surface area contributed by atoms with Crippen LogP contribution in [0.5, 0.6) is 0 Å². The summed E-state index contributed by atoms with van der Waals surface area (Å²) < 4.78 is 87.3. The molecule has 0 nitrogen and oxygen atoms in total. The zero-order valence-electron chi connectivity index (χ0n) is 16.7. The van der Waals surface area contributed by atoms with Gasteiger partial charge in [-0.1, -0.05) is 82.7 Å². The summed E-state index contributed by atoms with van der Waals surface area (Å²) in [5, 5.41) is 0.0421. The molecule has 0 heterocycles. The molecule has 0 aliphatic heterocycles. The molecule has 28 heavy (non-hydrogen) atoms. The highest BCUT2D eigenvalue weighted by atomic mass is 31.1. The minimum absolute atomic E-state index is 0.0421. The maximum atomic E-state index is 14.9. The summed E-state index contributed by atoms with van der Waals surface area (Å²) in [6, 6.07) is 7.23. The van der Waals surface area contributed by atoms with E-state index in [-0.39, 0.29) is 17.9 Å². The van der Waals surface area contributed by atoms with Gasteiger partial charge in [0.2, 0.25) is 0 Å². The second kappa shape index (κ2) is 11.4. The summed E-state index contributed by atoms with van der Waals surface area (Å²) in [4.78, 5) is 0. The van der Waals surface area contributed by atoms with Gasteiger partial charge in [0.05, 0.1) is 0 Å². The van der Waals surface area contributed by atoms with Crippen LogP contribution in [0.1, 0.15) is 71.6 Å². The summed E-state index contributed by atoms with van der Waals surface area (Å²) in [6.07, 6.45) is 2.71. The lowest BCUT2D eigenvalue weighted by atomic mass is 10.0. The summed E-state index contributed by atoms with van der Waals surface area (Å²) >= 11 is 0. The van der Waals surface area contributed by atoms with E-state index in [0.29, 0.717) is 25.7 Å². The Morgan fingerprint density at radius 1 is 0.714 bits per heavy atom. The standard InChI is InChI=1S/C21H31F6P/c1-3-5-7-12-16-19(22,23)20(24,25)21(26,27)28(17-13-8-6-4-2)18-14-10-9-11-15-18/h9-11,14-15H,3-8,12-13,16-17H2,1-2H3. The maximum absolute atomic E-state index is 14.9. The van der Waals surface area contributed by atoms with E-state index in [1.807, 2.05) is 13.8 Å². The molecule has 0 spiro atoms. The van der Waals surface area contributed by atoms with Crippen molar-refractivity contribution in [3.8, 4) is 0 Å². The number of halogens is 6. The first kappa shape index (κ1) is 25.3. The molecule has 1 unspecified atom stereocenters. The Morgan fingerprint density at radius 2 is 1.25 bits per heavy atom. The fourth-order valence-corrected chi connectivity index (χ4v) is 5.49. The van der Waals surface area contributed by atoms with Crippen LogP contribution in [0.2, 0.25) is 0 Å². The van der Waals surface area contributed by atoms with Crippen molar-refractivity contribution in [3.63, 3.8) is 0 Å². The first-order valence-corrected chi connectivity index (χ1v) is 11.6. The molecular formula is C21H31F6P. The maximum Gasteiger partial charge on any atom is 0.376 e. The first-order valence-electron chi connectivity index (χ1n) is 10.1. The third-order valence-electron chi connectivity index (χ3n) is 4.82. The summed E-state index contributed by atoms with van der Waals surface area (Å²) in [5.74, 6) is -10.1. The number of hydrogen-bond acceptors (Lipinski definition) is 0. The Morgan fingerprint density at radius 3 is 1.79 bits per heavy atom. The van der Waals surface area contributed by atoms with Crippen molar-refractivity contribution < 1.29 is 26.3 Å². The van der Waals surface area contributed by atoms with E-state index in [1.165, 1.54) is 24.3 Å². The molecule has 0 saturated carbocycles. The lowest BCUT2D eigenvalue weighted by Gasteiger charge is -2.37. The second-order valence-corrected chi connectivity index (χ2v) is 9.56. The highest BCUT2D eigenvalue weighted by Gasteiger charge is 2.73. The van der Waals surface area contributed by atoms with Crippen LogP contribution in [0.3, 0.4) is 0 Å². The summed E-state index contributed by atoms with van der Waals surface area (Å²) in [6.45, 7) is 3.80. The molecule has 0 aromatic heterocycles. The van der Waals surface area contributed by atoms with E-state index in [9.17, 15) is 26.3 Å². The number of rotatable bonds is 14. The monoisotopic (exact) mass is 428 g/mol. The van der Waals surface area contributed by atoms with Gasteiger partial charge in [-0.2, -0.15) is 26.3 Å². The molecule has 7 heteroatoms. The van der Waals surface area contributed by atoms with Crippen LogP contribution in [0, 0.1) is 0 Å². The van der Waals surface area contributed by atoms with Gasteiger partial charge >= 0.3 is 17.5 Å². The summed E-state index contributed by atoms with van der Waals surface area (Å²) in [5.41, 5.74) is -4.77. The van der Waals surface area contributed by atoms with Crippen molar-refractivity contribution in [3.05, 3.63) is 30.3 Å². The number of hydrogen-bond donors (Lipinski definition) is 0. The van der Waals surface area contributed by atoms with Gasteiger partial charge in [0.1, 0.15) is 0 Å². The van der Waals surface area contributed by atoms with E-state index < -0.39 is 31.9 Å². The molecule has 1 aromatic rings. The molecule has 0 amide bonds. The third kappa shape index (κ3) is 6.37. The topological polar surface area (TPSA) is 0 Å². The number of unbranched alkanes of at least 4 members (excludes halogenated alkanes) is 6. The third-order valence-corrected chi connectivity index (χ3v) is 7.47. The molecule has 0 saturated heterocycles. The zero-order valence-corrected chi connectivity index (χ0v) is 17.6. The Bertz CT molecular complexity index is 547. The Labute approximate surface area is 165 Å². The molecule has 0 aliphatic rings. The van der Waals surface area contributed by atoms with Gasteiger partial charge in [0.15, 0.2) is 0 Å². The van der Waals surface area contributed by atoms with Gasteiger partial charge in [-0.25, -0.2) is 0 Å². The fourth-order valence-electron chi connectivity index (χ4n) is 3.06. The van der Waals surface area contributed by atoms with E-state index >= 15 is 0 Å². The predicted molar refractivity (Wildman–Crippen MR) is 106 cm³/mol. The molecule has 1 rings (SSSR count). The molecule has 0 bridgehead atoms. The Kier molecular flexibility index (Phi) is 10.3. The molecule has 0 N–H and O–H groups in total. The fraction of sp³-hybridized carbons (Fsp3) is 0.714. The summed E-state index contributed by atoms with van der Waals surface area (Å²) in [7, 11) is -2.75. The molecule has 0 aliphatic carbocycles. The van der Waals surface area contributed by atoms with Gasteiger partial charge in [-0.05, 0) is 24.3 Å². The molecule has 0 fully saturated rings. The van der Waals surface area contributed by atoms with Gasteiger partial charge in [-0.3, -0.25) is 0 Å². The first-order chi connectivity index (χ1) is 13.1. The number of benzene rings is 1. The van der Waals surface area contributed by atoms with Crippen LogP contribution in [0.25, 0.3) is 0 Å².